The van der Waals surface area contributed by atoms with Crippen LogP contribution in [0.1, 0.15) is 20.3 Å². The van der Waals surface area contributed by atoms with Crippen molar-refractivity contribution in [1.82, 2.24) is 15.5 Å². The van der Waals surface area contributed by atoms with Gasteiger partial charge in [-0.05, 0) is 26.0 Å². The molecule has 2 N–H and O–H groups in total. The number of guanidine groups is 1. The number of nitrogens with zero attached hydrogens (tertiary/aromatic N) is 3. The number of rotatable bonds is 6. The minimum absolute atomic E-state index is 0.0592. The van der Waals surface area contributed by atoms with Gasteiger partial charge in [0.25, 0.3) is 0 Å². The van der Waals surface area contributed by atoms with Gasteiger partial charge in [-0.25, -0.2) is 0 Å². The summed E-state index contributed by atoms with van der Waals surface area (Å²) in [6.07, 6.45) is 0.443. The number of benzene rings is 1. The third kappa shape index (κ3) is 5.54. The summed E-state index contributed by atoms with van der Waals surface area (Å²) in [6, 6.07) is 8.27. The standard InChI is InChI=1S/C19H31N5O2/c1-15(2)22-18(25)9-10-21-19(20-3)24-13-11-23(12-14-24)16-7-5-6-8-17(16)26-4/h5-8,15H,9-14H2,1-4H3,(H,20,21)(H,22,25). The molecule has 0 unspecified atom stereocenters. The fourth-order valence-corrected chi connectivity index (χ4v) is 3.06. The zero-order valence-electron chi connectivity index (χ0n) is 16.3. The molecule has 1 heterocycles. The lowest BCUT2D eigenvalue weighted by molar-refractivity contribution is -0.121. The molecule has 1 saturated heterocycles. The molecular formula is C19H31N5O2. The van der Waals surface area contributed by atoms with Gasteiger partial charge >= 0.3 is 0 Å². The van der Waals surface area contributed by atoms with E-state index in [0.29, 0.717) is 13.0 Å². The average molecular weight is 361 g/mol. The van der Waals surface area contributed by atoms with E-state index in [9.17, 15) is 4.79 Å². The first kappa shape index (κ1) is 19.9. The number of methoxy groups -OCH3 is 1. The van der Waals surface area contributed by atoms with Crippen LogP contribution in [0.25, 0.3) is 0 Å². The smallest absolute Gasteiger partial charge is 0.221 e. The summed E-state index contributed by atoms with van der Waals surface area (Å²) in [7, 11) is 3.49. The number of piperazine rings is 1. The van der Waals surface area contributed by atoms with Gasteiger partial charge in [0.15, 0.2) is 5.96 Å². The largest absolute Gasteiger partial charge is 0.495 e. The molecule has 26 heavy (non-hydrogen) atoms. The Morgan fingerprint density at radius 3 is 2.54 bits per heavy atom. The maximum absolute atomic E-state index is 11.7. The molecule has 0 aromatic heterocycles. The quantitative estimate of drug-likeness (QED) is 0.591. The van der Waals surface area contributed by atoms with E-state index in [4.69, 9.17) is 4.74 Å². The summed E-state index contributed by atoms with van der Waals surface area (Å²) in [4.78, 5) is 20.7. The third-order valence-corrected chi connectivity index (χ3v) is 4.30. The topological polar surface area (TPSA) is 69.2 Å². The van der Waals surface area contributed by atoms with E-state index < -0.39 is 0 Å². The Hall–Kier alpha value is -2.44. The van der Waals surface area contributed by atoms with Gasteiger partial charge in [-0.2, -0.15) is 0 Å². The molecule has 0 atom stereocenters. The predicted octanol–water partition coefficient (Wildman–Crippen LogP) is 1.31. The van der Waals surface area contributed by atoms with Crippen LogP contribution in [0.3, 0.4) is 0 Å². The number of amides is 1. The number of nitrogens with one attached hydrogen (secondary N) is 2. The summed E-state index contributed by atoms with van der Waals surface area (Å²) in [5.41, 5.74) is 1.13. The monoisotopic (exact) mass is 361 g/mol. The zero-order valence-corrected chi connectivity index (χ0v) is 16.3. The molecule has 7 heteroatoms. The summed E-state index contributed by atoms with van der Waals surface area (Å²) >= 11 is 0. The van der Waals surface area contributed by atoms with Crippen molar-refractivity contribution in [2.24, 2.45) is 4.99 Å². The Labute approximate surface area is 156 Å². The highest BCUT2D eigenvalue weighted by atomic mass is 16.5. The van der Waals surface area contributed by atoms with Crippen molar-refractivity contribution < 1.29 is 9.53 Å². The number of carbonyl (C=O) groups is 1. The Balaban J connectivity index is 1.83. The van der Waals surface area contributed by atoms with Crippen LogP contribution in [0.2, 0.25) is 0 Å². The van der Waals surface area contributed by atoms with E-state index in [2.05, 4.69) is 31.5 Å². The fourth-order valence-electron chi connectivity index (χ4n) is 3.06. The molecule has 0 saturated carbocycles. The first-order valence-corrected chi connectivity index (χ1v) is 9.18. The highest BCUT2D eigenvalue weighted by Crippen LogP contribution is 2.28. The lowest BCUT2D eigenvalue weighted by atomic mass is 10.2. The van der Waals surface area contributed by atoms with Crippen molar-refractivity contribution in [2.75, 3.05) is 51.8 Å². The number of ether oxygens (including phenoxy) is 1. The first-order chi connectivity index (χ1) is 12.5. The highest BCUT2D eigenvalue weighted by Gasteiger charge is 2.21. The SMILES string of the molecule is CN=C(NCCC(=O)NC(C)C)N1CCN(c2ccccc2OC)CC1. The lowest BCUT2D eigenvalue weighted by Gasteiger charge is -2.38. The van der Waals surface area contributed by atoms with Crippen molar-refractivity contribution in [2.45, 2.75) is 26.3 Å². The number of aliphatic imine (C=N–C) groups is 1. The molecule has 2 rings (SSSR count). The van der Waals surface area contributed by atoms with Gasteiger partial charge in [0.05, 0.1) is 12.8 Å². The number of hydrogen-bond acceptors (Lipinski definition) is 4. The van der Waals surface area contributed by atoms with Gasteiger partial charge < -0.3 is 25.2 Å². The molecule has 1 amide bonds. The van der Waals surface area contributed by atoms with E-state index in [-0.39, 0.29) is 11.9 Å². The summed E-state index contributed by atoms with van der Waals surface area (Å²) in [5, 5.41) is 6.19. The Morgan fingerprint density at radius 2 is 1.92 bits per heavy atom. The van der Waals surface area contributed by atoms with Crippen LogP contribution in [-0.4, -0.2) is 69.7 Å². The van der Waals surface area contributed by atoms with Crippen molar-refractivity contribution in [1.29, 1.82) is 0 Å². The average Bonchev–Trinajstić information content (AvgIpc) is 2.65. The van der Waals surface area contributed by atoms with E-state index >= 15 is 0 Å². The van der Waals surface area contributed by atoms with Crippen LogP contribution in [0.5, 0.6) is 5.75 Å². The van der Waals surface area contributed by atoms with Gasteiger partial charge in [-0.3, -0.25) is 9.79 Å². The van der Waals surface area contributed by atoms with Crippen LogP contribution < -0.4 is 20.3 Å². The second-order valence-corrected chi connectivity index (χ2v) is 6.59. The second kappa shape index (κ2) is 9.89. The third-order valence-electron chi connectivity index (χ3n) is 4.30. The molecule has 1 aliphatic heterocycles. The van der Waals surface area contributed by atoms with Crippen molar-refractivity contribution in [3.63, 3.8) is 0 Å². The van der Waals surface area contributed by atoms with Gasteiger partial charge in [0.1, 0.15) is 5.75 Å². The molecule has 144 valence electrons. The Morgan fingerprint density at radius 1 is 1.23 bits per heavy atom. The van der Waals surface area contributed by atoms with Gasteiger partial charge in [0.2, 0.25) is 5.91 Å². The minimum Gasteiger partial charge on any atom is -0.495 e. The van der Waals surface area contributed by atoms with Crippen molar-refractivity contribution in [3.05, 3.63) is 24.3 Å². The molecule has 0 aliphatic carbocycles. The van der Waals surface area contributed by atoms with Crippen LogP contribution in [0, 0.1) is 0 Å². The Bertz CT molecular complexity index is 610. The van der Waals surface area contributed by atoms with E-state index in [1.807, 2.05) is 32.0 Å². The Kier molecular flexibility index (Phi) is 7.56. The molecular weight excluding hydrogens is 330 g/mol. The van der Waals surface area contributed by atoms with Crippen LogP contribution in [0.4, 0.5) is 5.69 Å². The summed E-state index contributed by atoms with van der Waals surface area (Å²) in [6.45, 7) is 8.05. The van der Waals surface area contributed by atoms with Crippen LogP contribution >= 0.6 is 0 Å². The van der Waals surface area contributed by atoms with Crippen LogP contribution in [0.15, 0.2) is 29.3 Å². The lowest BCUT2D eigenvalue weighted by Crippen LogP contribution is -2.53. The maximum Gasteiger partial charge on any atom is 0.221 e. The minimum atomic E-state index is 0.0592. The zero-order chi connectivity index (χ0) is 18.9. The predicted molar refractivity (Wildman–Crippen MR) is 106 cm³/mol. The van der Waals surface area contributed by atoms with E-state index in [1.165, 1.54) is 0 Å². The van der Waals surface area contributed by atoms with Gasteiger partial charge in [0, 0.05) is 52.2 Å². The summed E-state index contributed by atoms with van der Waals surface area (Å²) in [5.74, 6) is 1.81. The molecule has 1 aromatic carbocycles. The summed E-state index contributed by atoms with van der Waals surface area (Å²) < 4.78 is 5.47. The molecule has 0 radical (unpaired) electrons. The van der Waals surface area contributed by atoms with E-state index in [0.717, 1.165) is 43.6 Å². The molecule has 1 aliphatic rings. The molecule has 1 fully saturated rings. The number of carbonyl (C=O) groups excluding carboxylic acids is 1. The van der Waals surface area contributed by atoms with Crippen molar-refractivity contribution >= 4 is 17.6 Å². The van der Waals surface area contributed by atoms with Crippen LogP contribution in [-0.2, 0) is 4.79 Å². The van der Waals surface area contributed by atoms with Gasteiger partial charge in [-0.1, -0.05) is 12.1 Å². The molecule has 7 nitrogen and oxygen atoms in total. The number of hydrogen-bond donors (Lipinski definition) is 2. The second-order valence-electron chi connectivity index (χ2n) is 6.59. The van der Waals surface area contributed by atoms with E-state index in [1.54, 1.807) is 14.2 Å². The van der Waals surface area contributed by atoms with Crippen molar-refractivity contribution in [3.8, 4) is 5.75 Å². The molecule has 0 bridgehead atoms. The molecule has 0 spiro atoms. The van der Waals surface area contributed by atoms with Gasteiger partial charge in [-0.15, -0.1) is 0 Å². The normalized spacial score (nSPS) is 15.2. The fraction of sp³-hybridized carbons (Fsp3) is 0.579. The highest BCUT2D eigenvalue weighted by molar-refractivity contribution is 5.81. The first-order valence-electron chi connectivity index (χ1n) is 9.18. The molecule has 1 aromatic rings. The number of anilines is 1. The maximum atomic E-state index is 11.7. The number of para-hydroxylation sites is 2.